The Balaban J connectivity index is 1.37. The Labute approximate surface area is 235 Å². The molecule has 0 radical (unpaired) electrons. The molecule has 0 saturated carbocycles. The first-order valence-corrected chi connectivity index (χ1v) is 17.6. The van der Waals surface area contributed by atoms with Crippen molar-refractivity contribution >= 4 is 25.8 Å². The van der Waals surface area contributed by atoms with Crippen molar-refractivity contribution in [1.82, 2.24) is 23.9 Å². The van der Waals surface area contributed by atoms with Gasteiger partial charge in [0.1, 0.15) is 0 Å². The number of unbranched alkanes of at least 4 members (excludes halogenated alkanes) is 1. The molecule has 2 saturated heterocycles. The number of nitrogens with zero attached hydrogens (tertiary/aromatic N) is 5. The van der Waals surface area contributed by atoms with Gasteiger partial charge in [-0.15, -0.1) is 0 Å². The molecule has 1 unspecified atom stereocenters. The van der Waals surface area contributed by atoms with E-state index in [1.54, 1.807) is 17.0 Å². The van der Waals surface area contributed by atoms with Gasteiger partial charge in [-0.25, -0.2) is 16.8 Å². The first-order valence-electron chi connectivity index (χ1n) is 14.1. The zero-order valence-corrected chi connectivity index (χ0v) is 25.7. The van der Waals surface area contributed by atoms with Gasteiger partial charge in [0, 0.05) is 64.7 Å². The second-order valence-electron chi connectivity index (χ2n) is 11.0. The van der Waals surface area contributed by atoms with Crippen molar-refractivity contribution < 1.29 is 21.6 Å². The fraction of sp³-hybridized carbons (Fsp3) is 0.741. The minimum Gasteiger partial charge on any atom is -0.340 e. The first-order chi connectivity index (χ1) is 18.4. The number of sulfonamides is 1. The van der Waals surface area contributed by atoms with E-state index in [-0.39, 0.29) is 18.2 Å². The largest absolute Gasteiger partial charge is 0.340 e. The van der Waals surface area contributed by atoms with Crippen LogP contribution < -0.4 is 0 Å². The maximum Gasteiger partial charge on any atom is 0.237 e. The van der Waals surface area contributed by atoms with Crippen molar-refractivity contribution in [2.24, 2.45) is 0 Å². The molecule has 0 N–H and O–H groups in total. The smallest absolute Gasteiger partial charge is 0.237 e. The van der Waals surface area contributed by atoms with Gasteiger partial charge in [0.15, 0.2) is 9.84 Å². The predicted molar refractivity (Wildman–Crippen MR) is 155 cm³/mol. The van der Waals surface area contributed by atoms with Crippen molar-refractivity contribution in [1.29, 1.82) is 0 Å². The van der Waals surface area contributed by atoms with E-state index in [0.717, 1.165) is 64.1 Å². The predicted octanol–water partition coefficient (Wildman–Crippen LogP) is 0.845. The summed E-state index contributed by atoms with van der Waals surface area (Å²) in [7, 11) is -4.56. The highest BCUT2D eigenvalue weighted by Gasteiger charge is 2.31. The van der Waals surface area contributed by atoms with Gasteiger partial charge in [-0.3, -0.25) is 9.69 Å². The molecule has 1 aromatic rings. The van der Waals surface area contributed by atoms with E-state index in [1.807, 2.05) is 12.1 Å². The highest BCUT2D eigenvalue weighted by Crippen LogP contribution is 2.15. The Kier molecular flexibility index (Phi) is 11.8. The Hall–Kier alpha value is -1.57. The van der Waals surface area contributed by atoms with E-state index in [1.165, 1.54) is 10.6 Å². The summed E-state index contributed by atoms with van der Waals surface area (Å²) in [6.45, 7) is 11.7. The third kappa shape index (κ3) is 9.79. The van der Waals surface area contributed by atoms with Crippen LogP contribution in [0.3, 0.4) is 0 Å². The molecular formula is C27H47N5O5S2. The molecule has 1 amide bonds. The molecule has 0 bridgehead atoms. The van der Waals surface area contributed by atoms with Gasteiger partial charge in [-0.05, 0) is 64.0 Å². The average Bonchev–Trinajstić information content (AvgIpc) is 2.89. The fourth-order valence-electron chi connectivity index (χ4n) is 5.26. The number of likely N-dealkylation sites (N-methyl/N-ethyl adjacent to an activating group) is 2. The molecule has 2 fully saturated rings. The molecule has 2 heterocycles. The number of benzene rings is 1. The zero-order chi connectivity index (χ0) is 28.6. The lowest BCUT2D eigenvalue weighted by Crippen LogP contribution is -2.53. The SMILES string of the molecule is CCN(CCCCN1CCN(S(=O)(=O)CCN2CCN(C)CC2)CC1=O)C(C)Cc1ccc(S(C)(=O)=O)cc1. The Morgan fingerprint density at radius 1 is 0.923 bits per heavy atom. The summed E-state index contributed by atoms with van der Waals surface area (Å²) in [5.74, 6) is -0.0423. The average molecular weight is 586 g/mol. The molecule has 0 spiro atoms. The number of hydrogen-bond acceptors (Lipinski definition) is 8. The van der Waals surface area contributed by atoms with Crippen LogP contribution in [0.25, 0.3) is 0 Å². The normalized spacial score (nSPS) is 19.6. The molecule has 2 aliphatic rings. The number of rotatable bonds is 14. The molecule has 1 atom stereocenters. The van der Waals surface area contributed by atoms with Crippen LogP contribution in [0.4, 0.5) is 0 Å². The van der Waals surface area contributed by atoms with Crippen LogP contribution in [0, 0.1) is 0 Å². The van der Waals surface area contributed by atoms with Crippen molar-refractivity contribution in [2.75, 3.05) is 91.0 Å². The molecule has 39 heavy (non-hydrogen) atoms. The summed E-state index contributed by atoms with van der Waals surface area (Å²) in [5.41, 5.74) is 1.11. The summed E-state index contributed by atoms with van der Waals surface area (Å²) in [5, 5.41) is 0. The Morgan fingerprint density at radius 3 is 2.18 bits per heavy atom. The number of hydrogen-bond donors (Lipinski definition) is 0. The highest BCUT2D eigenvalue weighted by molar-refractivity contribution is 7.90. The number of amides is 1. The molecule has 0 aliphatic carbocycles. The molecule has 1 aromatic carbocycles. The van der Waals surface area contributed by atoms with Gasteiger partial charge in [-0.2, -0.15) is 4.31 Å². The van der Waals surface area contributed by atoms with Crippen LogP contribution in [0.1, 0.15) is 32.3 Å². The van der Waals surface area contributed by atoms with Gasteiger partial charge in [0.2, 0.25) is 15.9 Å². The summed E-state index contributed by atoms with van der Waals surface area (Å²) < 4.78 is 50.4. The van der Waals surface area contributed by atoms with Gasteiger partial charge in [0.25, 0.3) is 0 Å². The van der Waals surface area contributed by atoms with Gasteiger partial charge < -0.3 is 14.7 Å². The van der Waals surface area contributed by atoms with E-state index in [2.05, 4.69) is 35.6 Å². The molecule has 222 valence electrons. The maximum absolute atomic E-state index is 12.9. The number of carbonyl (C=O) groups is 1. The number of sulfone groups is 1. The van der Waals surface area contributed by atoms with Crippen LogP contribution >= 0.6 is 0 Å². The van der Waals surface area contributed by atoms with Crippen molar-refractivity contribution in [2.45, 2.75) is 44.0 Å². The minimum absolute atomic E-state index is 0.0543. The zero-order valence-electron chi connectivity index (χ0n) is 24.1. The van der Waals surface area contributed by atoms with E-state index in [4.69, 9.17) is 0 Å². The van der Waals surface area contributed by atoms with Crippen LogP contribution in [0.15, 0.2) is 29.2 Å². The van der Waals surface area contributed by atoms with Gasteiger partial charge >= 0.3 is 0 Å². The topological polar surface area (TPSA) is 102 Å². The number of piperazine rings is 2. The summed E-state index contributed by atoms with van der Waals surface area (Å²) in [6.07, 6.45) is 3.87. The highest BCUT2D eigenvalue weighted by atomic mass is 32.2. The minimum atomic E-state index is -3.44. The van der Waals surface area contributed by atoms with E-state index in [0.29, 0.717) is 37.1 Å². The van der Waals surface area contributed by atoms with Gasteiger partial charge in [-0.1, -0.05) is 19.1 Å². The number of carbonyl (C=O) groups excluding carboxylic acids is 1. The Morgan fingerprint density at radius 2 is 1.59 bits per heavy atom. The molecule has 3 rings (SSSR count). The van der Waals surface area contributed by atoms with Crippen molar-refractivity contribution in [3.8, 4) is 0 Å². The van der Waals surface area contributed by atoms with Crippen LogP contribution in [0.5, 0.6) is 0 Å². The first kappa shape index (κ1) is 32.0. The quantitative estimate of drug-likeness (QED) is 0.296. The standard InChI is InChI=1S/C27H47N5O5S2/c1-5-30(24(2)22-25-8-10-26(11-9-25)38(4,34)35)12-6-7-13-31-18-19-32(23-27(31)33)39(36,37)21-20-29-16-14-28(3)15-17-29/h8-11,24H,5-7,12-23H2,1-4H3. The van der Waals surface area contributed by atoms with E-state index in [9.17, 15) is 21.6 Å². The van der Waals surface area contributed by atoms with Crippen molar-refractivity contribution in [3.05, 3.63) is 29.8 Å². The van der Waals surface area contributed by atoms with Crippen LogP contribution in [0.2, 0.25) is 0 Å². The summed E-state index contributed by atoms with van der Waals surface area (Å²) in [6, 6.07) is 7.42. The lowest BCUT2D eigenvalue weighted by Gasteiger charge is -2.35. The van der Waals surface area contributed by atoms with Gasteiger partial charge in [0.05, 0.1) is 17.2 Å². The monoisotopic (exact) mass is 585 g/mol. The summed E-state index contributed by atoms with van der Waals surface area (Å²) >= 11 is 0. The molecule has 0 aromatic heterocycles. The third-order valence-corrected chi connectivity index (χ3v) is 10.9. The van der Waals surface area contributed by atoms with E-state index < -0.39 is 19.9 Å². The second kappa shape index (κ2) is 14.4. The molecular weight excluding hydrogens is 538 g/mol. The molecule has 2 aliphatic heterocycles. The summed E-state index contributed by atoms with van der Waals surface area (Å²) in [4.78, 5) is 21.7. The van der Waals surface area contributed by atoms with Crippen LogP contribution in [-0.4, -0.2) is 144 Å². The van der Waals surface area contributed by atoms with Crippen molar-refractivity contribution in [3.63, 3.8) is 0 Å². The lowest BCUT2D eigenvalue weighted by molar-refractivity contribution is -0.134. The second-order valence-corrected chi connectivity index (χ2v) is 15.1. The fourth-order valence-corrected chi connectivity index (χ4v) is 7.30. The molecule has 10 nitrogen and oxygen atoms in total. The Bertz CT molecular complexity index is 1140. The lowest BCUT2D eigenvalue weighted by atomic mass is 10.1. The van der Waals surface area contributed by atoms with Crippen LogP contribution in [-0.2, 0) is 31.1 Å². The molecule has 12 heteroatoms. The van der Waals surface area contributed by atoms with E-state index >= 15 is 0 Å². The third-order valence-electron chi connectivity index (χ3n) is 7.97. The maximum atomic E-state index is 12.9.